The number of para-hydroxylation sites is 2. The Hall–Kier alpha value is -2.84. The molecule has 1 aromatic heterocycles. The summed E-state index contributed by atoms with van der Waals surface area (Å²) in [7, 11) is 0. The Morgan fingerprint density at radius 2 is 1.74 bits per heavy atom. The minimum atomic E-state index is 0.389. The molecule has 0 spiro atoms. The predicted octanol–water partition coefficient (Wildman–Crippen LogP) is 4.65. The highest BCUT2D eigenvalue weighted by Crippen LogP contribution is 2.31. The fourth-order valence-corrected chi connectivity index (χ4v) is 2.99. The molecular weight excluding hydrogens is 306 g/mol. The minimum Gasteiger partial charge on any atom is -0.487 e. The first-order valence-electron chi connectivity index (χ1n) is 7.17. The number of hydrogen-bond acceptors (Lipinski definition) is 5. The molecule has 0 unspecified atom stereocenters. The number of nitrogens with zero attached hydrogens (tertiary/aromatic N) is 3. The number of aryl methyl sites for hydroxylation is 1. The van der Waals surface area contributed by atoms with E-state index < -0.39 is 0 Å². The van der Waals surface area contributed by atoms with Crippen molar-refractivity contribution in [3.05, 3.63) is 71.2 Å². The largest absolute Gasteiger partial charge is 0.487 e. The molecule has 1 heterocycles. The lowest BCUT2D eigenvalue weighted by atomic mass is 10.3. The van der Waals surface area contributed by atoms with Crippen molar-refractivity contribution in [3.63, 3.8) is 0 Å². The van der Waals surface area contributed by atoms with E-state index in [1.165, 1.54) is 16.2 Å². The number of anilines is 2. The Morgan fingerprint density at radius 1 is 1.09 bits per heavy atom. The third-order valence-corrected chi connectivity index (χ3v) is 4.30. The molecule has 23 heavy (non-hydrogen) atoms. The molecular formula is C18H15N3OS. The van der Waals surface area contributed by atoms with Gasteiger partial charge in [-0.25, -0.2) is 9.88 Å². The summed E-state index contributed by atoms with van der Waals surface area (Å²) in [6.07, 6.45) is 2.19. The molecule has 0 bridgehead atoms. The summed E-state index contributed by atoms with van der Waals surface area (Å²) in [6, 6.07) is 19.1. The number of benzene rings is 2. The monoisotopic (exact) mass is 321 g/mol. The third kappa shape index (κ3) is 3.50. The number of nitriles is 1. The van der Waals surface area contributed by atoms with Crippen LogP contribution in [0.2, 0.25) is 0 Å². The molecule has 0 radical (unpaired) electrons. The summed E-state index contributed by atoms with van der Waals surface area (Å²) in [6.45, 7) is 2.38. The summed E-state index contributed by atoms with van der Waals surface area (Å²) in [4.78, 5) is 7.15. The molecule has 0 atom stereocenters. The molecule has 0 saturated carbocycles. The van der Waals surface area contributed by atoms with Crippen LogP contribution in [0.5, 0.6) is 5.75 Å². The standard InChI is InChI=1S/C18H15N3OS/c1-14-17(12-22-16-10-6-3-7-11-16)20-18(23-14)21(13-19)15-8-4-2-5-9-15/h2-11H,12H2,1H3. The van der Waals surface area contributed by atoms with Crippen LogP contribution in [0, 0.1) is 18.4 Å². The van der Waals surface area contributed by atoms with Crippen LogP contribution in [0.3, 0.4) is 0 Å². The number of thiazole rings is 1. The van der Waals surface area contributed by atoms with Gasteiger partial charge in [0.1, 0.15) is 12.4 Å². The van der Waals surface area contributed by atoms with Crippen molar-refractivity contribution < 1.29 is 4.74 Å². The van der Waals surface area contributed by atoms with Gasteiger partial charge < -0.3 is 4.74 Å². The zero-order chi connectivity index (χ0) is 16.1. The van der Waals surface area contributed by atoms with Crippen LogP contribution >= 0.6 is 11.3 Å². The van der Waals surface area contributed by atoms with Crippen LogP contribution < -0.4 is 9.64 Å². The summed E-state index contributed by atoms with van der Waals surface area (Å²) < 4.78 is 5.75. The van der Waals surface area contributed by atoms with Crippen molar-refractivity contribution in [2.24, 2.45) is 0 Å². The van der Waals surface area contributed by atoms with Crippen LogP contribution in [0.15, 0.2) is 60.7 Å². The first kappa shape index (κ1) is 15.1. The van der Waals surface area contributed by atoms with E-state index in [1.807, 2.05) is 67.6 Å². The van der Waals surface area contributed by atoms with Crippen LogP contribution in [0.1, 0.15) is 10.6 Å². The SMILES string of the molecule is Cc1sc(N(C#N)c2ccccc2)nc1COc1ccccc1. The van der Waals surface area contributed by atoms with E-state index >= 15 is 0 Å². The average molecular weight is 321 g/mol. The average Bonchev–Trinajstić information content (AvgIpc) is 2.96. The molecule has 0 aliphatic rings. The van der Waals surface area contributed by atoms with Gasteiger partial charge in [-0.15, -0.1) is 11.3 Å². The Bertz CT molecular complexity index is 809. The summed E-state index contributed by atoms with van der Waals surface area (Å²) >= 11 is 1.49. The van der Waals surface area contributed by atoms with Gasteiger partial charge in [-0.2, -0.15) is 5.26 Å². The first-order chi connectivity index (χ1) is 11.3. The lowest BCUT2D eigenvalue weighted by Gasteiger charge is -2.11. The molecule has 5 heteroatoms. The van der Waals surface area contributed by atoms with E-state index in [-0.39, 0.29) is 0 Å². The molecule has 0 amide bonds. The maximum Gasteiger partial charge on any atom is 0.204 e. The molecule has 0 fully saturated rings. The lowest BCUT2D eigenvalue weighted by molar-refractivity contribution is 0.301. The van der Waals surface area contributed by atoms with E-state index in [9.17, 15) is 5.26 Å². The Morgan fingerprint density at radius 3 is 2.39 bits per heavy atom. The molecule has 4 nitrogen and oxygen atoms in total. The van der Waals surface area contributed by atoms with Crippen molar-refractivity contribution in [1.29, 1.82) is 5.26 Å². The molecule has 0 saturated heterocycles. The molecule has 3 aromatic rings. The second-order valence-corrected chi connectivity index (χ2v) is 6.05. The molecule has 0 aliphatic heterocycles. The number of aromatic nitrogens is 1. The van der Waals surface area contributed by atoms with Gasteiger partial charge in [0.25, 0.3) is 0 Å². The minimum absolute atomic E-state index is 0.389. The highest BCUT2D eigenvalue weighted by atomic mass is 32.1. The molecule has 0 N–H and O–H groups in total. The third-order valence-electron chi connectivity index (χ3n) is 3.31. The Balaban J connectivity index is 1.79. The van der Waals surface area contributed by atoms with Gasteiger partial charge in [-0.05, 0) is 31.2 Å². The first-order valence-corrected chi connectivity index (χ1v) is 7.98. The smallest absolute Gasteiger partial charge is 0.204 e. The van der Waals surface area contributed by atoms with Gasteiger partial charge in [-0.3, -0.25) is 0 Å². The zero-order valence-corrected chi connectivity index (χ0v) is 13.5. The number of ether oxygens (including phenoxy) is 1. The van der Waals surface area contributed by atoms with E-state index in [4.69, 9.17) is 4.74 Å². The maximum absolute atomic E-state index is 9.45. The quantitative estimate of drug-likeness (QED) is 0.507. The Kier molecular flexibility index (Phi) is 4.55. The fourth-order valence-electron chi connectivity index (χ4n) is 2.10. The van der Waals surface area contributed by atoms with E-state index in [0.29, 0.717) is 11.7 Å². The van der Waals surface area contributed by atoms with Crippen molar-refractivity contribution >= 4 is 22.2 Å². The lowest BCUT2D eigenvalue weighted by Crippen LogP contribution is -2.08. The van der Waals surface area contributed by atoms with E-state index in [1.54, 1.807) is 0 Å². The van der Waals surface area contributed by atoms with Crippen molar-refractivity contribution in [2.75, 3.05) is 4.90 Å². The second kappa shape index (κ2) is 6.95. The zero-order valence-electron chi connectivity index (χ0n) is 12.6. The van der Waals surface area contributed by atoms with Crippen LogP contribution in [-0.2, 0) is 6.61 Å². The molecule has 0 aliphatic carbocycles. The fraction of sp³-hybridized carbons (Fsp3) is 0.111. The van der Waals surface area contributed by atoms with Crippen molar-refractivity contribution in [2.45, 2.75) is 13.5 Å². The van der Waals surface area contributed by atoms with Crippen LogP contribution in [0.25, 0.3) is 0 Å². The van der Waals surface area contributed by atoms with Gasteiger partial charge in [0, 0.05) is 4.88 Å². The number of hydrogen-bond donors (Lipinski definition) is 0. The van der Waals surface area contributed by atoms with Crippen molar-refractivity contribution in [1.82, 2.24) is 4.98 Å². The van der Waals surface area contributed by atoms with Crippen LogP contribution in [0.4, 0.5) is 10.8 Å². The summed E-state index contributed by atoms with van der Waals surface area (Å²) in [5, 5.41) is 10.1. The van der Waals surface area contributed by atoms with Gasteiger partial charge in [0.15, 0.2) is 6.19 Å². The molecule has 2 aromatic carbocycles. The summed E-state index contributed by atoms with van der Waals surface area (Å²) in [5.74, 6) is 0.807. The maximum atomic E-state index is 9.45. The van der Waals surface area contributed by atoms with Gasteiger partial charge in [0.2, 0.25) is 5.13 Å². The van der Waals surface area contributed by atoms with Gasteiger partial charge in [0.05, 0.1) is 11.4 Å². The van der Waals surface area contributed by atoms with Gasteiger partial charge >= 0.3 is 0 Å². The van der Waals surface area contributed by atoms with Crippen LogP contribution in [-0.4, -0.2) is 4.98 Å². The van der Waals surface area contributed by atoms with Crippen molar-refractivity contribution in [3.8, 4) is 11.9 Å². The van der Waals surface area contributed by atoms with E-state index in [0.717, 1.165) is 22.0 Å². The highest BCUT2D eigenvalue weighted by Gasteiger charge is 2.16. The molecule has 3 rings (SSSR count). The molecule has 114 valence electrons. The second-order valence-electron chi connectivity index (χ2n) is 4.87. The summed E-state index contributed by atoms with van der Waals surface area (Å²) in [5.41, 5.74) is 1.66. The normalized spacial score (nSPS) is 10.1. The predicted molar refractivity (Wildman–Crippen MR) is 91.8 cm³/mol. The van der Waals surface area contributed by atoms with E-state index in [2.05, 4.69) is 11.2 Å². The Labute approximate surface area is 139 Å². The topological polar surface area (TPSA) is 49.2 Å². The van der Waals surface area contributed by atoms with Gasteiger partial charge in [-0.1, -0.05) is 36.4 Å². The number of rotatable bonds is 5. The highest BCUT2D eigenvalue weighted by molar-refractivity contribution is 7.15.